The molecular formula is C18H29NO. The van der Waals surface area contributed by atoms with Gasteiger partial charge in [0.1, 0.15) is 0 Å². The molecule has 0 radical (unpaired) electrons. The lowest BCUT2D eigenvalue weighted by Gasteiger charge is -2.34. The van der Waals surface area contributed by atoms with Crippen LogP contribution in [0.3, 0.4) is 0 Å². The Bertz CT molecular complexity index is 398. The highest BCUT2D eigenvalue weighted by molar-refractivity contribution is 5.26. The molecule has 112 valence electrons. The van der Waals surface area contributed by atoms with Gasteiger partial charge in [-0.3, -0.25) is 0 Å². The van der Waals surface area contributed by atoms with Crippen LogP contribution in [0.4, 0.5) is 0 Å². The lowest BCUT2D eigenvalue weighted by molar-refractivity contribution is -0.00986. The maximum atomic E-state index is 6.55. The molecule has 0 aliphatic heterocycles. The summed E-state index contributed by atoms with van der Waals surface area (Å²) in [6.45, 7) is 5.01. The lowest BCUT2D eigenvalue weighted by Crippen LogP contribution is -2.36. The maximum absolute atomic E-state index is 6.55. The maximum Gasteiger partial charge on any atom is 0.0795 e. The van der Waals surface area contributed by atoms with Crippen LogP contribution in [0.5, 0.6) is 0 Å². The topological polar surface area (TPSA) is 35.2 Å². The summed E-state index contributed by atoms with van der Waals surface area (Å²) in [6, 6.07) is 8.70. The fourth-order valence-electron chi connectivity index (χ4n) is 3.40. The summed E-state index contributed by atoms with van der Waals surface area (Å²) in [5.41, 5.74) is 9.14. The Balaban J connectivity index is 2.14. The summed E-state index contributed by atoms with van der Waals surface area (Å²) in [6.07, 6.45) is 7.80. The van der Waals surface area contributed by atoms with Crippen molar-refractivity contribution in [3.63, 3.8) is 0 Å². The van der Waals surface area contributed by atoms with E-state index in [1.165, 1.54) is 43.2 Å². The van der Waals surface area contributed by atoms with Gasteiger partial charge in [0.2, 0.25) is 0 Å². The Labute approximate surface area is 123 Å². The number of aryl methyl sites for hydroxylation is 1. The van der Waals surface area contributed by atoms with Crippen LogP contribution in [0.2, 0.25) is 0 Å². The molecule has 0 amide bonds. The van der Waals surface area contributed by atoms with E-state index < -0.39 is 0 Å². The van der Waals surface area contributed by atoms with E-state index in [0.29, 0.717) is 5.92 Å². The molecule has 1 aliphatic rings. The van der Waals surface area contributed by atoms with E-state index in [4.69, 9.17) is 10.5 Å². The van der Waals surface area contributed by atoms with Crippen LogP contribution >= 0.6 is 0 Å². The Kier molecular flexibility index (Phi) is 6.06. The average Bonchev–Trinajstić information content (AvgIpc) is 2.53. The smallest absolute Gasteiger partial charge is 0.0795 e. The highest BCUT2D eigenvalue weighted by Crippen LogP contribution is 2.33. The molecule has 0 spiro atoms. The average molecular weight is 275 g/mol. The van der Waals surface area contributed by atoms with E-state index in [1.54, 1.807) is 0 Å². The molecule has 20 heavy (non-hydrogen) atoms. The summed E-state index contributed by atoms with van der Waals surface area (Å²) >= 11 is 0. The largest absolute Gasteiger partial charge is 0.376 e. The summed E-state index contributed by atoms with van der Waals surface area (Å²) in [5.74, 6) is 0.629. The van der Waals surface area contributed by atoms with Gasteiger partial charge in [0, 0.05) is 6.61 Å². The van der Waals surface area contributed by atoms with E-state index in [0.717, 1.165) is 13.0 Å². The number of hydrogen-bond donors (Lipinski definition) is 1. The van der Waals surface area contributed by atoms with Gasteiger partial charge in [-0.05, 0) is 43.2 Å². The lowest BCUT2D eigenvalue weighted by atomic mass is 9.81. The molecule has 0 heterocycles. The minimum Gasteiger partial charge on any atom is -0.376 e. The van der Waals surface area contributed by atoms with Gasteiger partial charge in [0.15, 0.2) is 0 Å². The second-order valence-corrected chi connectivity index (χ2v) is 5.94. The van der Waals surface area contributed by atoms with Crippen LogP contribution < -0.4 is 5.73 Å². The Morgan fingerprint density at radius 1 is 1.20 bits per heavy atom. The molecule has 1 fully saturated rings. The van der Waals surface area contributed by atoms with Crippen LogP contribution in [-0.4, -0.2) is 12.7 Å². The van der Waals surface area contributed by atoms with Crippen LogP contribution in [-0.2, 0) is 11.2 Å². The predicted molar refractivity (Wildman–Crippen MR) is 84.7 cm³/mol. The zero-order chi connectivity index (χ0) is 14.4. The van der Waals surface area contributed by atoms with Gasteiger partial charge in [0.25, 0.3) is 0 Å². The quantitative estimate of drug-likeness (QED) is 0.843. The Morgan fingerprint density at radius 3 is 2.60 bits per heavy atom. The van der Waals surface area contributed by atoms with Gasteiger partial charge in [-0.2, -0.15) is 0 Å². The normalized spacial score (nSPS) is 19.8. The number of benzene rings is 1. The fourth-order valence-corrected chi connectivity index (χ4v) is 3.40. The van der Waals surface area contributed by atoms with Crippen molar-refractivity contribution >= 4 is 0 Å². The van der Waals surface area contributed by atoms with E-state index in [9.17, 15) is 0 Å². The first-order chi connectivity index (χ1) is 9.76. The molecule has 1 aromatic carbocycles. The standard InChI is InChI=1S/C18H29NO/c1-3-14-9-8-12-16(13-14)17(19)18(20-4-2)15-10-6-5-7-11-15/h8-9,12-13,15,17-18H,3-7,10-11,19H2,1-2H3. The van der Waals surface area contributed by atoms with Gasteiger partial charge in [-0.15, -0.1) is 0 Å². The van der Waals surface area contributed by atoms with Gasteiger partial charge in [-0.1, -0.05) is 50.5 Å². The summed E-state index contributed by atoms with van der Waals surface area (Å²) in [4.78, 5) is 0. The predicted octanol–water partition coefficient (Wildman–Crippen LogP) is 4.23. The third-order valence-corrected chi connectivity index (χ3v) is 4.57. The van der Waals surface area contributed by atoms with Crippen molar-refractivity contribution in [2.24, 2.45) is 11.7 Å². The highest BCUT2D eigenvalue weighted by atomic mass is 16.5. The van der Waals surface area contributed by atoms with Gasteiger partial charge < -0.3 is 10.5 Å². The number of rotatable bonds is 6. The molecule has 1 aromatic rings. The molecule has 0 bridgehead atoms. The van der Waals surface area contributed by atoms with Crippen molar-refractivity contribution < 1.29 is 4.74 Å². The van der Waals surface area contributed by atoms with Crippen molar-refractivity contribution in [2.75, 3.05) is 6.61 Å². The third kappa shape index (κ3) is 3.83. The monoisotopic (exact) mass is 275 g/mol. The van der Waals surface area contributed by atoms with Crippen molar-refractivity contribution in [2.45, 2.75) is 64.5 Å². The third-order valence-electron chi connectivity index (χ3n) is 4.57. The molecule has 1 saturated carbocycles. The molecule has 2 atom stereocenters. The zero-order valence-corrected chi connectivity index (χ0v) is 13.0. The van der Waals surface area contributed by atoms with Crippen LogP contribution in [0, 0.1) is 5.92 Å². The molecule has 2 unspecified atom stereocenters. The first-order valence-electron chi connectivity index (χ1n) is 8.22. The SMILES string of the molecule is CCOC(C1CCCCC1)C(N)c1cccc(CC)c1. The zero-order valence-electron chi connectivity index (χ0n) is 13.0. The first kappa shape index (κ1) is 15.5. The van der Waals surface area contributed by atoms with Crippen LogP contribution in [0.25, 0.3) is 0 Å². The number of hydrogen-bond acceptors (Lipinski definition) is 2. The van der Waals surface area contributed by atoms with Crippen molar-refractivity contribution in [3.05, 3.63) is 35.4 Å². The molecular weight excluding hydrogens is 246 g/mol. The van der Waals surface area contributed by atoms with E-state index in [2.05, 4.69) is 38.1 Å². The molecule has 2 rings (SSSR count). The minimum absolute atomic E-state index is 0.00421. The van der Waals surface area contributed by atoms with E-state index in [1.807, 2.05) is 0 Å². The molecule has 2 nitrogen and oxygen atoms in total. The summed E-state index contributed by atoms with van der Waals surface area (Å²) < 4.78 is 6.05. The van der Waals surface area contributed by atoms with Gasteiger partial charge in [-0.25, -0.2) is 0 Å². The molecule has 1 aliphatic carbocycles. The van der Waals surface area contributed by atoms with E-state index >= 15 is 0 Å². The number of nitrogens with two attached hydrogens (primary N) is 1. The van der Waals surface area contributed by atoms with E-state index in [-0.39, 0.29) is 12.1 Å². The molecule has 2 heteroatoms. The molecule has 0 aromatic heterocycles. The first-order valence-corrected chi connectivity index (χ1v) is 8.22. The van der Waals surface area contributed by atoms with Crippen molar-refractivity contribution in [1.29, 1.82) is 0 Å². The van der Waals surface area contributed by atoms with Crippen LogP contribution in [0.15, 0.2) is 24.3 Å². The Hall–Kier alpha value is -0.860. The molecule has 2 N–H and O–H groups in total. The highest BCUT2D eigenvalue weighted by Gasteiger charge is 2.30. The molecule has 0 saturated heterocycles. The van der Waals surface area contributed by atoms with Crippen LogP contribution in [0.1, 0.15) is 63.1 Å². The van der Waals surface area contributed by atoms with Crippen molar-refractivity contribution in [1.82, 2.24) is 0 Å². The summed E-state index contributed by atoms with van der Waals surface area (Å²) in [5, 5.41) is 0. The van der Waals surface area contributed by atoms with Crippen molar-refractivity contribution in [3.8, 4) is 0 Å². The number of ether oxygens (including phenoxy) is 1. The second kappa shape index (κ2) is 7.80. The van der Waals surface area contributed by atoms with Gasteiger partial charge >= 0.3 is 0 Å². The minimum atomic E-state index is 0.00421. The second-order valence-electron chi connectivity index (χ2n) is 5.94. The Morgan fingerprint density at radius 2 is 1.95 bits per heavy atom. The fraction of sp³-hybridized carbons (Fsp3) is 0.667. The summed E-state index contributed by atoms with van der Waals surface area (Å²) in [7, 11) is 0. The van der Waals surface area contributed by atoms with Gasteiger partial charge in [0.05, 0.1) is 12.1 Å².